The molecule has 0 radical (unpaired) electrons. The number of hydrogen-bond acceptors (Lipinski definition) is 5. The molecule has 7 heteroatoms. The Morgan fingerprint density at radius 2 is 1.96 bits per heavy atom. The second-order valence-electron chi connectivity index (χ2n) is 5.12. The van der Waals surface area contributed by atoms with Gasteiger partial charge in [0.1, 0.15) is 5.75 Å². The van der Waals surface area contributed by atoms with Gasteiger partial charge in [0.05, 0.1) is 12.0 Å². The zero-order chi connectivity index (χ0) is 16.9. The van der Waals surface area contributed by atoms with Crippen molar-refractivity contribution in [2.45, 2.75) is 24.4 Å². The fourth-order valence-electron chi connectivity index (χ4n) is 2.12. The van der Waals surface area contributed by atoms with Gasteiger partial charge in [0.2, 0.25) is 10.0 Å². The number of benzene rings is 1. The van der Waals surface area contributed by atoms with Gasteiger partial charge in [-0.1, -0.05) is 6.07 Å². The summed E-state index contributed by atoms with van der Waals surface area (Å²) in [4.78, 5) is 4.28. The van der Waals surface area contributed by atoms with Crippen molar-refractivity contribution in [2.24, 2.45) is 0 Å². The van der Waals surface area contributed by atoms with Crippen molar-refractivity contribution >= 4 is 22.7 Å². The number of thiol groups is 1. The van der Waals surface area contributed by atoms with Gasteiger partial charge in [-0.25, -0.2) is 8.42 Å². The molecule has 1 heterocycles. The lowest BCUT2D eigenvalue weighted by molar-refractivity contribution is 0.352. The van der Waals surface area contributed by atoms with Gasteiger partial charge in [-0.3, -0.25) is 4.98 Å². The van der Waals surface area contributed by atoms with E-state index in [1.807, 2.05) is 13.0 Å². The molecule has 0 spiro atoms. The first-order valence-electron chi connectivity index (χ1n) is 7.14. The number of sulfonamides is 1. The van der Waals surface area contributed by atoms with Crippen molar-refractivity contribution in [1.82, 2.24) is 9.29 Å². The van der Waals surface area contributed by atoms with Crippen LogP contribution in [0, 0.1) is 0 Å². The molecule has 124 valence electrons. The first-order valence-corrected chi connectivity index (χ1v) is 9.22. The number of pyridine rings is 1. The van der Waals surface area contributed by atoms with Gasteiger partial charge < -0.3 is 4.74 Å². The van der Waals surface area contributed by atoms with Gasteiger partial charge in [0.15, 0.2) is 0 Å². The maximum Gasteiger partial charge on any atom is 0.243 e. The lowest BCUT2D eigenvalue weighted by Gasteiger charge is -2.27. The maximum absolute atomic E-state index is 13.0. The Morgan fingerprint density at radius 1 is 1.26 bits per heavy atom. The highest BCUT2D eigenvalue weighted by molar-refractivity contribution is 7.89. The molecule has 2 rings (SSSR count). The van der Waals surface area contributed by atoms with E-state index in [1.165, 1.54) is 4.31 Å². The third-order valence-corrected chi connectivity index (χ3v) is 5.99. The topological polar surface area (TPSA) is 59.5 Å². The Balaban J connectivity index is 2.36. The number of nitrogens with zero attached hydrogens (tertiary/aromatic N) is 2. The highest BCUT2D eigenvalue weighted by Gasteiger charge is 2.28. The fraction of sp³-hybridized carbons (Fsp3) is 0.312. The van der Waals surface area contributed by atoms with Crippen LogP contribution in [0.4, 0.5) is 0 Å². The number of methoxy groups -OCH3 is 1. The van der Waals surface area contributed by atoms with Crippen LogP contribution in [0.15, 0.2) is 53.7 Å². The van der Waals surface area contributed by atoms with E-state index in [0.717, 1.165) is 5.56 Å². The second kappa shape index (κ2) is 7.81. The Morgan fingerprint density at radius 3 is 2.48 bits per heavy atom. The molecule has 2 aromatic rings. The van der Waals surface area contributed by atoms with Gasteiger partial charge in [0.25, 0.3) is 0 Å². The first-order chi connectivity index (χ1) is 11.0. The highest BCUT2D eigenvalue weighted by Crippen LogP contribution is 2.23. The van der Waals surface area contributed by atoms with Crippen molar-refractivity contribution in [1.29, 1.82) is 0 Å². The van der Waals surface area contributed by atoms with Crippen LogP contribution in [0.3, 0.4) is 0 Å². The number of ether oxygens (including phenoxy) is 1. The van der Waals surface area contributed by atoms with Crippen LogP contribution in [0.2, 0.25) is 0 Å². The molecule has 0 aliphatic carbocycles. The summed E-state index contributed by atoms with van der Waals surface area (Å²) in [6, 6.07) is 9.78. The van der Waals surface area contributed by atoms with Crippen molar-refractivity contribution in [3.05, 3.63) is 54.4 Å². The molecule has 1 atom stereocenters. The largest absolute Gasteiger partial charge is 0.497 e. The number of rotatable bonds is 7. The summed E-state index contributed by atoms with van der Waals surface area (Å²) < 4.78 is 32.5. The van der Waals surface area contributed by atoms with E-state index in [9.17, 15) is 8.42 Å². The zero-order valence-corrected chi connectivity index (χ0v) is 14.8. The fourth-order valence-corrected chi connectivity index (χ4v) is 4.05. The molecule has 0 saturated carbocycles. The van der Waals surface area contributed by atoms with Crippen LogP contribution in [0.5, 0.6) is 5.75 Å². The van der Waals surface area contributed by atoms with Crippen LogP contribution >= 0.6 is 12.6 Å². The average molecular weight is 352 g/mol. The molecular weight excluding hydrogens is 332 g/mol. The summed E-state index contributed by atoms with van der Waals surface area (Å²) in [7, 11) is -2.09. The molecule has 23 heavy (non-hydrogen) atoms. The van der Waals surface area contributed by atoms with Gasteiger partial charge in [0, 0.05) is 30.7 Å². The molecular formula is C16H20N2O3S2. The lowest BCUT2D eigenvalue weighted by Crippen LogP contribution is -2.39. The summed E-state index contributed by atoms with van der Waals surface area (Å²) in [6.45, 7) is 2.09. The van der Waals surface area contributed by atoms with E-state index in [-0.39, 0.29) is 17.5 Å². The zero-order valence-electron chi connectivity index (χ0n) is 13.1. The molecule has 0 unspecified atom stereocenters. The van der Waals surface area contributed by atoms with E-state index >= 15 is 0 Å². The summed E-state index contributed by atoms with van der Waals surface area (Å²) in [5.74, 6) is 1.04. The SMILES string of the molecule is COc1ccc(S(=O)(=O)N(Cc2cccnc2)[C@H](C)CS)cc1. The molecule has 0 aliphatic rings. The predicted octanol–water partition coefficient (Wildman–Crippen LogP) is 2.60. The minimum absolute atomic E-state index is 0.232. The van der Waals surface area contributed by atoms with Crippen molar-refractivity contribution in [3.8, 4) is 5.75 Å². The summed E-state index contributed by atoms with van der Waals surface area (Å²) in [5.41, 5.74) is 0.832. The van der Waals surface area contributed by atoms with Crippen LogP contribution in [0.25, 0.3) is 0 Å². The van der Waals surface area contributed by atoms with Crippen molar-refractivity contribution < 1.29 is 13.2 Å². The van der Waals surface area contributed by atoms with Crippen LogP contribution in [-0.4, -0.2) is 36.6 Å². The molecule has 0 aliphatic heterocycles. The van der Waals surface area contributed by atoms with Gasteiger partial charge >= 0.3 is 0 Å². The Labute approximate surface area is 142 Å². The van der Waals surface area contributed by atoms with E-state index in [4.69, 9.17) is 4.74 Å². The smallest absolute Gasteiger partial charge is 0.243 e. The van der Waals surface area contributed by atoms with Crippen LogP contribution in [0.1, 0.15) is 12.5 Å². The summed E-state index contributed by atoms with van der Waals surface area (Å²) in [5, 5.41) is 0. The predicted molar refractivity (Wildman–Crippen MR) is 93.3 cm³/mol. The van der Waals surface area contributed by atoms with Crippen LogP contribution < -0.4 is 4.74 Å². The maximum atomic E-state index is 13.0. The average Bonchev–Trinajstić information content (AvgIpc) is 2.59. The van der Waals surface area contributed by atoms with E-state index in [0.29, 0.717) is 11.5 Å². The Bertz CT molecular complexity index is 719. The summed E-state index contributed by atoms with van der Waals surface area (Å²) in [6.07, 6.45) is 3.33. The number of hydrogen-bond donors (Lipinski definition) is 1. The molecule has 1 aromatic carbocycles. The van der Waals surface area contributed by atoms with E-state index in [1.54, 1.807) is 49.8 Å². The van der Waals surface area contributed by atoms with Crippen molar-refractivity contribution in [2.75, 3.05) is 12.9 Å². The van der Waals surface area contributed by atoms with E-state index < -0.39 is 10.0 Å². The number of aromatic nitrogens is 1. The van der Waals surface area contributed by atoms with Gasteiger partial charge in [-0.05, 0) is 42.8 Å². The Kier molecular flexibility index (Phi) is 6.04. The third-order valence-electron chi connectivity index (χ3n) is 3.48. The normalized spacial score (nSPS) is 13.0. The highest BCUT2D eigenvalue weighted by atomic mass is 32.2. The molecule has 0 N–H and O–H groups in total. The minimum Gasteiger partial charge on any atom is -0.497 e. The van der Waals surface area contributed by atoms with Gasteiger partial charge in [-0.2, -0.15) is 16.9 Å². The standard InChI is InChI=1S/C16H20N2O3S2/c1-13(12-22)18(11-14-4-3-9-17-10-14)23(19,20)16-7-5-15(21-2)6-8-16/h3-10,13,22H,11-12H2,1-2H3/t13-/m1/s1. The van der Waals surface area contributed by atoms with Crippen molar-refractivity contribution in [3.63, 3.8) is 0 Å². The molecule has 0 amide bonds. The molecule has 1 aromatic heterocycles. The van der Waals surface area contributed by atoms with Crippen LogP contribution in [-0.2, 0) is 16.6 Å². The first kappa shape index (κ1) is 17.8. The third kappa shape index (κ3) is 4.25. The molecule has 0 fully saturated rings. The lowest BCUT2D eigenvalue weighted by atomic mass is 10.2. The summed E-state index contributed by atoms with van der Waals surface area (Å²) >= 11 is 4.26. The minimum atomic E-state index is -3.63. The molecule has 5 nitrogen and oxygen atoms in total. The Hall–Kier alpha value is -1.57. The molecule has 0 saturated heterocycles. The molecule has 0 bridgehead atoms. The van der Waals surface area contributed by atoms with Gasteiger partial charge in [-0.15, -0.1) is 0 Å². The quantitative estimate of drug-likeness (QED) is 0.778. The van der Waals surface area contributed by atoms with E-state index in [2.05, 4.69) is 17.6 Å². The second-order valence-corrected chi connectivity index (χ2v) is 7.37. The monoisotopic (exact) mass is 352 g/mol.